The normalized spacial score (nSPS) is 12.8. The zero-order chi connectivity index (χ0) is 12.3. The molecule has 0 bridgehead atoms. The highest BCUT2D eigenvalue weighted by molar-refractivity contribution is 5.88. The monoisotopic (exact) mass is 230 g/mol. The molecule has 0 aromatic heterocycles. The average Bonchev–Trinajstić information content (AvgIpc) is 2.35. The largest absolute Gasteiger partial charge is 0.508 e. The molecule has 0 heterocycles. The van der Waals surface area contributed by atoms with E-state index in [0.717, 1.165) is 29.2 Å². The maximum Gasteiger partial charge on any atom is 0.120 e. The molecule has 5 N–H and O–H groups in total. The standard InChI is InChI=1S/C14H18N2O/c15-9-3-6-12(16)14-11-5-2-1-4-10(11)7-8-13(14)17/h1-2,4-5,7-8,12,17H,3,6,9,15-16H2/t12-/m0/s1. The average molecular weight is 230 g/mol. The molecule has 3 nitrogen and oxygen atoms in total. The number of phenolic OH excluding ortho intramolecular Hbond substituents is 1. The van der Waals surface area contributed by atoms with Gasteiger partial charge in [0.2, 0.25) is 0 Å². The van der Waals surface area contributed by atoms with Crippen molar-refractivity contribution in [3.63, 3.8) is 0 Å². The highest BCUT2D eigenvalue weighted by atomic mass is 16.3. The molecule has 17 heavy (non-hydrogen) atoms. The van der Waals surface area contributed by atoms with Crippen molar-refractivity contribution in [3.8, 4) is 5.75 Å². The minimum Gasteiger partial charge on any atom is -0.508 e. The predicted molar refractivity (Wildman–Crippen MR) is 70.8 cm³/mol. The third kappa shape index (κ3) is 2.40. The first-order valence-electron chi connectivity index (χ1n) is 5.90. The molecule has 0 saturated heterocycles. The summed E-state index contributed by atoms with van der Waals surface area (Å²) in [6, 6.07) is 11.4. The number of benzene rings is 2. The molecule has 0 amide bonds. The zero-order valence-corrected chi connectivity index (χ0v) is 9.76. The van der Waals surface area contributed by atoms with Crippen molar-refractivity contribution >= 4 is 10.8 Å². The summed E-state index contributed by atoms with van der Waals surface area (Å²) in [4.78, 5) is 0. The summed E-state index contributed by atoms with van der Waals surface area (Å²) in [6.07, 6.45) is 1.65. The SMILES string of the molecule is NCCC[C@H](N)c1c(O)ccc2ccccc12. The lowest BCUT2D eigenvalue weighted by Gasteiger charge is -2.16. The molecule has 0 spiro atoms. The van der Waals surface area contributed by atoms with Crippen LogP contribution in [-0.4, -0.2) is 11.7 Å². The molecule has 2 aromatic rings. The molecule has 0 radical (unpaired) electrons. The van der Waals surface area contributed by atoms with E-state index in [9.17, 15) is 5.11 Å². The van der Waals surface area contributed by atoms with Crippen LogP contribution in [0, 0.1) is 0 Å². The Morgan fingerprint density at radius 2 is 1.88 bits per heavy atom. The molecule has 2 rings (SSSR count). The number of nitrogens with two attached hydrogens (primary N) is 2. The van der Waals surface area contributed by atoms with E-state index >= 15 is 0 Å². The lowest BCUT2D eigenvalue weighted by molar-refractivity contribution is 0.459. The molecule has 0 aliphatic heterocycles. The van der Waals surface area contributed by atoms with Crippen molar-refractivity contribution in [2.24, 2.45) is 11.5 Å². The number of phenols is 1. The van der Waals surface area contributed by atoms with E-state index in [1.165, 1.54) is 0 Å². The molecular weight excluding hydrogens is 212 g/mol. The Labute approximate surface area is 101 Å². The van der Waals surface area contributed by atoms with Crippen LogP contribution in [0.2, 0.25) is 0 Å². The first kappa shape index (κ1) is 11.9. The summed E-state index contributed by atoms with van der Waals surface area (Å²) in [5.74, 6) is 0.272. The van der Waals surface area contributed by atoms with Gasteiger partial charge < -0.3 is 16.6 Å². The second-order valence-electron chi connectivity index (χ2n) is 4.26. The fourth-order valence-electron chi connectivity index (χ4n) is 2.16. The van der Waals surface area contributed by atoms with E-state index in [0.29, 0.717) is 6.54 Å². The minimum atomic E-state index is -0.162. The Balaban J connectivity index is 2.47. The van der Waals surface area contributed by atoms with Gasteiger partial charge in [-0.3, -0.25) is 0 Å². The minimum absolute atomic E-state index is 0.162. The van der Waals surface area contributed by atoms with E-state index in [1.54, 1.807) is 6.07 Å². The fourth-order valence-corrected chi connectivity index (χ4v) is 2.16. The first-order chi connectivity index (χ1) is 8.24. The quantitative estimate of drug-likeness (QED) is 0.754. The molecule has 0 fully saturated rings. The molecule has 0 unspecified atom stereocenters. The van der Waals surface area contributed by atoms with Gasteiger partial charge >= 0.3 is 0 Å². The van der Waals surface area contributed by atoms with Gasteiger partial charge in [0.05, 0.1) is 0 Å². The Morgan fingerprint density at radius 3 is 2.65 bits per heavy atom. The van der Waals surface area contributed by atoms with E-state index in [-0.39, 0.29) is 11.8 Å². The number of fused-ring (bicyclic) bond motifs is 1. The number of hydrogen-bond donors (Lipinski definition) is 3. The molecule has 90 valence electrons. The molecule has 0 aliphatic rings. The molecular formula is C14H18N2O. The van der Waals surface area contributed by atoms with Crippen molar-refractivity contribution in [1.29, 1.82) is 0 Å². The van der Waals surface area contributed by atoms with Crippen molar-refractivity contribution in [3.05, 3.63) is 42.0 Å². The van der Waals surface area contributed by atoms with Gasteiger partial charge in [-0.15, -0.1) is 0 Å². The van der Waals surface area contributed by atoms with Crippen molar-refractivity contribution in [1.82, 2.24) is 0 Å². The third-order valence-corrected chi connectivity index (χ3v) is 3.04. The van der Waals surface area contributed by atoms with Gasteiger partial charge in [-0.05, 0) is 36.2 Å². The Kier molecular flexibility index (Phi) is 3.61. The second-order valence-corrected chi connectivity index (χ2v) is 4.26. The Bertz CT molecular complexity index is 511. The number of rotatable bonds is 4. The van der Waals surface area contributed by atoms with E-state index < -0.39 is 0 Å². The highest BCUT2D eigenvalue weighted by Gasteiger charge is 2.13. The molecule has 1 atom stereocenters. The van der Waals surface area contributed by atoms with Gasteiger partial charge in [-0.2, -0.15) is 0 Å². The van der Waals surface area contributed by atoms with Crippen molar-refractivity contribution < 1.29 is 5.11 Å². The van der Waals surface area contributed by atoms with Crippen LogP contribution >= 0.6 is 0 Å². The Morgan fingerprint density at radius 1 is 1.12 bits per heavy atom. The van der Waals surface area contributed by atoms with Crippen LogP contribution < -0.4 is 11.5 Å². The predicted octanol–water partition coefficient (Wildman–Crippen LogP) is 2.28. The van der Waals surface area contributed by atoms with Crippen LogP contribution in [0.15, 0.2) is 36.4 Å². The number of hydrogen-bond acceptors (Lipinski definition) is 3. The van der Waals surface area contributed by atoms with Gasteiger partial charge in [-0.1, -0.05) is 30.3 Å². The smallest absolute Gasteiger partial charge is 0.120 e. The van der Waals surface area contributed by atoms with Crippen LogP contribution in [0.5, 0.6) is 5.75 Å². The topological polar surface area (TPSA) is 72.3 Å². The van der Waals surface area contributed by atoms with E-state index in [1.807, 2.05) is 30.3 Å². The summed E-state index contributed by atoms with van der Waals surface area (Å²) in [5.41, 5.74) is 12.5. The summed E-state index contributed by atoms with van der Waals surface area (Å²) < 4.78 is 0. The highest BCUT2D eigenvalue weighted by Crippen LogP contribution is 2.32. The summed E-state index contributed by atoms with van der Waals surface area (Å²) in [6.45, 7) is 0.624. The summed E-state index contributed by atoms with van der Waals surface area (Å²) >= 11 is 0. The molecule has 0 aliphatic carbocycles. The summed E-state index contributed by atoms with van der Waals surface area (Å²) in [7, 11) is 0. The van der Waals surface area contributed by atoms with E-state index in [2.05, 4.69) is 0 Å². The van der Waals surface area contributed by atoms with Crippen LogP contribution in [0.4, 0.5) is 0 Å². The maximum atomic E-state index is 9.97. The molecule has 2 aromatic carbocycles. The fraction of sp³-hybridized carbons (Fsp3) is 0.286. The molecule has 0 saturated carbocycles. The Hall–Kier alpha value is -1.58. The van der Waals surface area contributed by atoms with Crippen molar-refractivity contribution in [2.45, 2.75) is 18.9 Å². The lowest BCUT2D eigenvalue weighted by Crippen LogP contribution is -2.13. The van der Waals surface area contributed by atoms with Gasteiger partial charge in [0.15, 0.2) is 0 Å². The van der Waals surface area contributed by atoms with Crippen LogP contribution in [0.3, 0.4) is 0 Å². The van der Waals surface area contributed by atoms with Crippen LogP contribution in [0.25, 0.3) is 10.8 Å². The zero-order valence-electron chi connectivity index (χ0n) is 9.76. The van der Waals surface area contributed by atoms with Gasteiger partial charge in [0, 0.05) is 11.6 Å². The van der Waals surface area contributed by atoms with Crippen LogP contribution in [-0.2, 0) is 0 Å². The van der Waals surface area contributed by atoms with E-state index in [4.69, 9.17) is 11.5 Å². The summed E-state index contributed by atoms with van der Waals surface area (Å²) in [5, 5.41) is 12.1. The van der Waals surface area contributed by atoms with Gasteiger partial charge in [0.25, 0.3) is 0 Å². The second kappa shape index (κ2) is 5.17. The van der Waals surface area contributed by atoms with Gasteiger partial charge in [-0.25, -0.2) is 0 Å². The maximum absolute atomic E-state index is 9.97. The lowest BCUT2D eigenvalue weighted by atomic mass is 9.95. The van der Waals surface area contributed by atoms with Crippen molar-refractivity contribution in [2.75, 3.05) is 6.54 Å². The first-order valence-corrected chi connectivity index (χ1v) is 5.90. The number of aromatic hydroxyl groups is 1. The molecule has 3 heteroatoms. The van der Waals surface area contributed by atoms with Crippen LogP contribution in [0.1, 0.15) is 24.4 Å². The third-order valence-electron chi connectivity index (χ3n) is 3.04. The van der Waals surface area contributed by atoms with Gasteiger partial charge in [0.1, 0.15) is 5.75 Å².